The van der Waals surface area contributed by atoms with Gasteiger partial charge in [-0.2, -0.15) is 0 Å². The van der Waals surface area contributed by atoms with E-state index in [0.717, 1.165) is 51.4 Å². The molecular formula is C17H33NO4. The van der Waals surface area contributed by atoms with Crippen molar-refractivity contribution < 1.29 is 19.1 Å². The van der Waals surface area contributed by atoms with Gasteiger partial charge in [0.1, 0.15) is 0 Å². The second-order valence-corrected chi connectivity index (χ2v) is 5.57. The van der Waals surface area contributed by atoms with Crippen molar-refractivity contribution in [2.45, 2.75) is 84.1 Å². The number of carbonyl (C=O) groups is 2. The van der Waals surface area contributed by atoms with Crippen molar-refractivity contribution in [2.75, 3.05) is 13.2 Å². The monoisotopic (exact) mass is 315 g/mol. The third-order valence-corrected chi connectivity index (χ3v) is 3.52. The zero-order valence-corrected chi connectivity index (χ0v) is 14.3. The van der Waals surface area contributed by atoms with Gasteiger partial charge in [-0.3, -0.25) is 9.59 Å². The number of rotatable bonds is 14. The van der Waals surface area contributed by atoms with Crippen LogP contribution >= 0.6 is 0 Å². The van der Waals surface area contributed by atoms with Crippen LogP contribution in [0.2, 0.25) is 0 Å². The van der Waals surface area contributed by atoms with Gasteiger partial charge in [0.15, 0.2) is 0 Å². The fraction of sp³-hybridized carbons (Fsp3) is 0.882. The number of carbonyl (C=O) groups excluding carboxylic acids is 2. The molecule has 0 radical (unpaired) electrons. The predicted molar refractivity (Wildman–Crippen MR) is 87.4 cm³/mol. The first kappa shape index (κ1) is 20.9. The van der Waals surface area contributed by atoms with E-state index in [4.69, 9.17) is 15.2 Å². The summed E-state index contributed by atoms with van der Waals surface area (Å²) in [5.41, 5.74) is 6.07. The second-order valence-electron chi connectivity index (χ2n) is 5.57. The van der Waals surface area contributed by atoms with Crippen LogP contribution in [0.3, 0.4) is 0 Å². The highest BCUT2D eigenvalue weighted by Crippen LogP contribution is 2.11. The van der Waals surface area contributed by atoms with E-state index < -0.39 is 0 Å². The smallest absolute Gasteiger partial charge is 0.305 e. The highest BCUT2D eigenvalue weighted by atomic mass is 16.5. The third kappa shape index (κ3) is 13.9. The van der Waals surface area contributed by atoms with Gasteiger partial charge in [-0.15, -0.1) is 0 Å². The summed E-state index contributed by atoms with van der Waals surface area (Å²) in [6, 6.07) is 0.227. The molecule has 0 aromatic rings. The molecule has 130 valence electrons. The Morgan fingerprint density at radius 2 is 1.18 bits per heavy atom. The lowest BCUT2D eigenvalue weighted by molar-refractivity contribution is -0.144. The maximum absolute atomic E-state index is 11.2. The maximum Gasteiger partial charge on any atom is 0.305 e. The number of unbranched alkanes of at least 4 members (excludes halogenated alkanes) is 4. The summed E-state index contributed by atoms with van der Waals surface area (Å²) in [5, 5.41) is 0. The summed E-state index contributed by atoms with van der Waals surface area (Å²) in [6.45, 7) is 4.56. The molecule has 0 amide bonds. The van der Waals surface area contributed by atoms with Gasteiger partial charge in [0.25, 0.3) is 0 Å². The molecule has 0 heterocycles. The molecule has 5 heteroatoms. The Morgan fingerprint density at radius 1 is 0.773 bits per heavy atom. The van der Waals surface area contributed by atoms with Crippen LogP contribution in [0.15, 0.2) is 0 Å². The number of hydrogen-bond donors (Lipinski definition) is 1. The molecule has 22 heavy (non-hydrogen) atoms. The molecule has 0 aliphatic carbocycles. The minimum atomic E-state index is -0.103. The van der Waals surface area contributed by atoms with Crippen LogP contribution in [0, 0.1) is 0 Å². The molecule has 0 fully saturated rings. The second kappa shape index (κ2) is 14.8. The van der Waals surface area contributed by atoms with Gasteiger partial charge in [-0.1, -0.05) is 25.7 Å². The number of esters is 2. The molecule has 0 aromatic heterocycles. The van der Waals surface area contributed by atoms with Crippen molar-refractivity contribution in [3.8, 4) is 0 Å². The number of hydrogen-bond acceptors (Lipinski definition) is 5. The molecule has 2 N–H and O–H groups in total. The zero-order chi connectivity index (χ0) is 16.6. The molecule has 0 bridgehead atoms. The summed E-state index contributed by atoms with van der Waals surface area (Å²) in [6.07, 6.45) is 8.95. The van der Waals surface area contributed by atoms with Gasteiger partial charge in [0.2, 0.25) is 0 Å². The number of ether oxygens (including phenoxy) is 2. The molecule has 0 atom stereocenters. The molecule has 0 spiro atoms. The summed E-state index contributed by atoms with van der Waals surface area (Å²) >= 11 is 0. The van der Waals surface area contributed by atoms with E-state index in [1.54, 1.807) is 0 Å². The minimum absolute atomic E-state index is 0.103. The lowest BCUT2D eigenvalue weighted by Gasteiger charge is -2.11. The summed E-state index contributed by atoms with van der Waals surface area (Å²) in [5.74, 6) is -0.207. The van der Waals surface area contributed by atoms with Gasteiger partial charge in [-0.25, -0.2) is 0 Å². The fourth-order valence-electron chi connectivity index (χ4n) is 2.32. The van der Waals surface area contributed by atoms with Crippen LogP contribution in [-0.4, -0.2) is 31.2 Å². The highest BCUT2D eigenvalue weighted by molar-refractivity contribution is 5.69. The van der Waals surface area contributed by atoms with Crippen molar-refractivity contribution in [2.24, 2.45) is 5.73 Å². The van der Waals surface area contributed by atoms with Crippen LogP contribution < -0.4 is 5.73 Å². The Balaban J connectivity index is 3.34. The molecule has 0 aliphatic heterocycles. The number of nitrogens with two attached hydrogens (primary N) is 1. The predicted octanol–water partition coefficient (Wildman–Crippen LogP) is 3.34. The Bertz CT molecular complexity index is 266. The lowest BCUT2D eigenvalue weighted by atomic mass is 10.0. The molecule has 0 aliphatic rings. The van der Waals surface area contributed by atoms with E-state index in [1.807, 2.05) is 13.8 Å². The third-order valence-electron chi connectivity index (χ3n) is 3.52. The average Bonchev–Trinajstić information content (AvgIpc) is 2.47. The van der Waals surface area contributed by atoms with E-state index in [1.165, 1.54) is 0 Å². The van der Waals surface area contributed by atoms with Gasteiger partial charge >= 0.3 is 11.9 Å². The molecular weight excluding hydrogens is 282 g/mol. The summed E-state index contributed by atoms with van der Waals surface area (Å²) in [4.78, 5) is 22.3. The summed E-state index contributed by atoms with van der Waals surface area (Å²) < 4.78 is 9.76. The Morgan fingerprint density at radius 3 is 1.55 bits per heavy atom. The Labute approximate surface area is 134 Å². The van der Waals surface area contributed by atoms with Gasteiger partial charge < -0.3 is 15.2 Å². The molecule has 0 rings (SSSR count). The van der Waals surface area contributed by atoms with Crippen molar-refractivity contribution in [3.63, 3.8) is 0 Å². The quantitative estimate of drug-likeness (QED) is 0.393. The van der Waals surface area contributed by atoms with Crippen LogP contribution in [0.25, 0.3) is 0 Å². The maximum atomic E-state index is 11.2. The lowest BCUT2D eigenvalue weighted by Crippen LogP contribution is -2.19. The Kier molecular flexibility index (Phi) is 14.1. The van der Waals surface area contributed by atoms with Crippen LogP contribution in [0.5, 0.6) is 0 Å². The van der Waals surface area contributed by atoms with Crippen LogP contribution in [0.4, 0.5) is 0 Å². The molecule has 0 unspecified atom stereocenters. The van der Waals surface area contributed by atoms with Crippen LogP contribution in [0.1, 0.15) is 78.1 Å². The minimum Gasteiger partial charge on any atom is -0.466 e. The zero-order valence-electron chi connectivity index (χ0n) is 14.3. The van der Waals surface area contributed by atoms with Crippen LogP contribution in [-0.2, 0) is 19.1 Å². The van der Waals surface area contributed by atoms with Crippen molar-refractivity contribution in [1.29, 1.82) is 0 Å². The van der Waals surface area contributed by atoms with Crippen molar-refractivity contribution in [1.82, 2.24) is 0 Å². The van der Waals surface area contributed by atoms with E-state index in [2.05, 4.69) is 0 Å². The van der Waals surface area contributed by atoms with E-state index in [-0.39, 0.29) is 18.0 Å². The SMILES string of the molecule is CCOC(=O)CCCCCC(N)CCCCCC(=O)OCC. The molecule has 0 saturated carbocycles. The first-order chi connectivity index (χ1) is 10.6. The standard InChI is InChI=1S/C17H33NO4/c1-3-21-16(19)13-9-5-7-11-15(18)12-8-6-10-14-17(20)22-4-2/h15H,3-14,18H2,1-2H3. The summed E-state index contributed by atoms with van der Waals surface area (Å²) in [7, 11) is 0. The Hall–Kier alpha value is -1.10. The normalized spacial score (nSPS) is 10.7. The molecule has 5 nitrogen and oxygen atoms in total. The van der Waals surface area contributed by atoms with E-state index >= 15 is 0 Å². The highest BCUT2D eigenvalue weighted by Gasteiger charge is 2.05. The van der Waals surface area contributed by atoms with Crippen molar-refractivity contribution in [3.05, 3.63) is 0 Å². The van der Waals surface area contributed by atoms with Gasteiger partial charge in [0, 0.05) is 18.9 Å². The first-order valence-electron chi connectivity index (χ1n) is 8.66. The first-order valence-corrected chi connectivity index (χ1v) is 8.66. The van der Waals surface area contributed by atoms with Crippen molar-refractivity contribution >= 4 is 11.9 Å². The fourth-order valence-corrected chi connectivity index (χ4v) is 2.32. The van der Waals surface area contributed by atoms with Gasteiger partial charge in [-0.05, 0) is 39.5 Å². The van der Waals surface area contributed by atoms with Gasteiger partial charge in [0.05, 0.1) is 13.2 Å². The van der Waals surface area contributed by atoms with E-state index in [0.29, 0.717) is 26.1 Å². The average molecular weight is 315 g/mol. The topological polar surface area (TPSA) is 78.6 Å². The largest absolute Gasteiger partial charge is 0.466 e. The molecule has 0 aromatic carbocycles. The molecule has 0 saturated heterocycles. The van der Waals surface area contributed by atoms with E-state index in [9.17, 15) is 9.59 Å².